The molecule has 6 heteroatoms. The molecule has 0 bridgehead atoms. The van der Waals surface area contributed by atoms with E-state index in [2.05, 4.69) is 0 Å². The van der Waals surface area contributed by atoms with Crippen LogP contribution in [0, 0.1) is 5.75 Å². The van der Waals surface area contributed by atoms with Gasteiger partial charge in [0.2, 0.25) is 0 Å². The van der Waals surface area contributed by atoms with Crippen LogP contribution in [0.4, 0.5) is 4.39 Å². The molecule has 0 aromatic heterocycles. The molecule has 0 saturated heterocycles. The van der Waals surface area contributed by atoms with Crippen molar-refractivity contribution in [1.82, 2.24) is 0 Å². The van der Waals surface area contributed by atoms with Crippen molar-refractivity contribution in [3.8, 4) is 0 Å². The SMILES string of the molecule is O=S(=O)(O)[CH-]CF.[Li+]. The van der Waals surface area contributed by atoms with Gasteiger partial charge in [-0.15, -0.1) is 0 Å². The average molecular weight is 134 g/mol. The topological polar surface area (TPSA) is 54.4 Å². The minimum absolute atomic E-state index is 0. The van der Waals surface area contributed by atoms with Crippen molar-refractivity contribution in [3.05, 3.63) is 5.75 Å². The first-order valence-corrected chi connectivity index (χ1v) is 2.93. The van der Waals surface area contributed by atoms with Crippen molar-refractivity contribution in [2.75, 3.05) is 6.67 Å². The Kier molecular flexibility index (Phi) is 6.09. The van der Waals surface area contributed by atoms with E-state index < -0.39 is 16.8 Å². The Morgan fingerprint density at radius 3 is 2.00 bits per heavy atom. The fourth-order valence-corrected chi connectivity index (χ4v) is 0.239. The standard InChI is InChI=1S/C2H4FO3S.Li/c3-1-2-7(4,5)6;/h2H,1H2,(H,4,5,6);/q-1;+1. The Labute approximate surface area is 59.2 Å². The van der Waals surface area contributed by atoms with Crippen LogP contribution >= 0.6 is 0 Å². The zero-order chi connectivity index (χ0) is 5.91. The van der Waals surface area contributed by atoms with Gasteiger partial charge in [-0.1, -0.05) is 0 Å². The molecule has 0 atom stereocenters. The summed E-state index contributed by atoms with van der Waals surface area (Å²) in [5, 5.41) is 0. The first-order valence-electron chi connectivity index (χ1n) is 1.43. The van der Waals surface area contributed by atoms with E-state index in [1.807, 2.05) is 0 Å². The molecule has 0 heterocycles. The maximum atomic E-state index is 10.9. The molecule has 0 fully saturated rings. The summed E-state index contributed by atoms with van der Waals surface area (Å²) in [6.45, 7) is -1.15. The van der Waals surface area contributed by atoms with Crippen LogP contribution in [-0.4, -0.2) is 19.6 Å². The van der Waals surface area contributed by atoms with E-state index in [0.29, 0.717) is 0 Å². The van der Waals surface area contributed by atoms with Crippen molar-refractivity contribution in [1.29, 1.82) is 0 Å². The van der Waals surface area contributed by atoms with Gasteiger partial charge in [0.1, 0.15) is 10.1 Å². The molecule has 3 nitrogen and oxygen atoms in total. The molecule has 0 aliphatic heterocycles. The zero-order valence-electron chi connectivity index (χ0n) is 4.33. The Balaban J connectivity index is 0. The number of rotatable bonds is 2. The van der Waals surface area contributed by atoms with E-state index in [1.54, 1.807) is 0 Å². The van der Waals surface area contributed by atoms with Crippen molar-refractivity contribution in [2.24, 2.45) is 0 Å². The van der Waals surface area contributed by atoms with E-state index in [1.165, 1.54) is 0 Å². The van der Waals surface area contributed by atoms with Gasteiger partial charge in [0.25, 0.3) is 0 Å². The summed E-state index contributed by atoms with van der Waals surface area (Å²) in [4.78, 5) is 0. The molecule has 0 radical (unpaired) electrons. The summed E-state index contributed by atoms with van der Waals surface area (Å²) in [6, 6.07) is 0. The molecule has 0 spiro atoms. The monoisotopic (exact) mass is 134 g/mol. The molecule has 0 rings (SSSR count). The van der Waals surface area contributed by atoms with Gasteiger partial charge in [0.05, 0.1) is 0 Å². The summed E-state index contributed by atoms with van der Waals surface area (Å²) in [6.07, 6.45) is 0. The summed E-state index contributed by atoms with van der Waals surface area (Å²) in [5.74, 6) is 0.174. The first-order chi connectivity index (χ1) is 3.06. The van der Waals surface area contributed by atoms with Crippen molar-refractivity contribution in [3.63, 3.8) is 0 Å². The minimum Gasteiger partial charge on any atom is -0.309 e. The van der Waals surface area contributed by atoms with Gasteiger partial charge in [-0.25, -0.2) is 8.42 Å². The van der Waals surface area contributed by atoms with E-state index in [0.717, 1.165) is 0 Å². The second-order valence-corrected chi connectivity index (χ2v) is 2.20. The summed E-state index contributed by atoms with van der Waals surface area (Å²) in [5.41, 5.74) is 0. The van der Waals surface area contributed by atoms with Crippen LogP contribution in [0.3, 0.4) is 0 Å². The third-order valence-corrected chi connectivity index (χ3v) is 0.821. The number of halogens is 1. The average Bonchev–Trinajstić information content (AvgIpc) is 1.30. The molecule has 0 aromatic carbocycles. The molecule has 0 aliphatic rings. The third kappa shape index (κ3) is 9.67. The maximum absolute atomic E-state index is 10.9. The van der Waals surface area contributed by atoms with Gasteiger partial charge in [-0.3, -0.25) is 4.39 Å². The second kappa shape index (κ2) is 4.33. The van der Waals surface area contributed by atoms with Gasteiger partial charge in [0, 0.05) is 0 Å². The van der Waals surface area contributed by atoms with Crippen LogP contribution in [0.2, 0.25) is 0 Å². The minimum atomic E-state index is -4.17. The van der Waals surface area contributed by atoms with Crippen LogP contribution in [0.25, 0.3) is 0 Å². The molecule has 1 N–H and O–H groups in total. The molecule has 0 aromatic rings. The second-order valence-electron chi connectivity index (χ2n) is 0.836. The van der Waals surface area contributed by atoms with Crippen molar-refractivity contribution in [2.45, 2.75) is 0 Å². The molecule has 0 unspecified atom stereocenters. The van der Waals surface area contributed by atoms with Crippen LogP contribution in [-0.2, 0) is 10.1 Å². The Hall–Kier alpha value is 0.437. The zero-order valence-corrected chi connectivity index (χ0v) is 5.15. The fraction of sp³-hybridized carbons (Fsp3) is 0.500. The summed E-state index contributed by atoms with van der Waals surface area (Å²) >= 11 is 0. The molecule has 8 heavy (non-hydrogen) atoms. The largest absolute Gasteiger partial charge is 1.00 e. The smallest absolute Gasteiger partial charge is 0.309 e. The van der Waals surface area contributed by atoms with E-state index in [4.69, 9.17) is 4.55 Å². The number of hydrogen-bond acceptors (Lipinski definition) is 2. The van der Waals surface area contributed by atoms with E-state index in [9.17, 15) is 12.8 Å². The van der Waals surface area contributed by atoms with Crippen molar-refractivity contribution < 1.29 is 36.2 Å². The van der Waals surface area contributed by atoms with Crippen LogP contribution in [0.5, 0.6) is 0 Å². The third-order valence-electron chi connectivity index (χ3n) is 0.274. The molecular formula is C2H4FLiO3S. The van der Waals surface area contributed by atoms with Gasteiger partial charge in [-0.2, -0.15) is 5.75 Å². The number of alkyl halides is 1. The Morgan fingerprint density at radius 1 is 1.62 bits per heavy atom. The Bertz CT molecular complexity index is 130. The molecule has 0 amide bonds. The van der Waals surface area contributed by atoms with Gasteiger partial charge in [0.15, 0.2) is 0 Å². The van der Waals surface area contributed by atoms with Crippen LogP contribution in [0.15, 0.2) is 0 Å². The van der Waals surface area contributed by atoms with Gasteiger partial charge < -0.3 is 4.55 Å². The first kappa shape index (κ1) is 11.3. The quantitative estimate of drug-likeness (QED) is 0.249. The van der Waals surface area contributed by atoms with Crippen molar-refractivity contribution >= 4 is 10.1 Å². The predicted octanol–water partition coefficient (Wildman–Crippen LogP) is -2.99. The van der Waals surface area contributed by atoms with Crippen LogP contribution < -0.4 is 18.9 Å². The summed E-state index contributed by atoms with van der Waals surface area (Å²) in [7, 11) is -4.17. The molecule has 0 saturated carbocycles. The molecule has 44 valence electrons. The normalized spacial score (nSPS) is 10.2. The Morgan fingerprint density at radius 2 is 2.00 bits per heavy atom. The molecular weight excluding hydrogens is 130 g/mol. The maximum Gasteiger partial charge on any atom is 1.00 e. The predicted molar refractivity (Wildman–Crippen MR) is 21.8 cm³/mol. The van der Waals surface area contributed by atoms with Crippen LogP contribution in [0.1, 0.15) is 0 Å². The van der Waals surface area contributed by atoms with Gasteiger partial charge >= 0.3 is 18.9 Å². The summed E-state index contributed by atoms with van der Waals surface area (Å²) < 4.78 is 37.6. The fourth-order valence-electron chi connectivity index (χ4n) is 0.0796. The van der Waals surface area contributed by atoms with E-state index in [-0.39, 0.29) is 24.6 Å². The van der Waals surface area contributed by atoms with Gasteiger partial charge in [-0.05, 0) is 6.67 Å². The molecule has 0 aliphatic carbocycles. The van der Waals surface area contributed by atoms with E-state index >= 15 is 0 Å². The number of hydrogen-bond donors (Lipinski definition) is 1.